The van der Waals surface area contributed by atoms with Crippen LogP contribution in [-0.4, -0.2) is 62.6 Å². The summed E-state index contributed by atoms with van der Waals surface area (Å²) in [6.07, 6.45) is 1.15. The number of aliphatic hydroxyl groups excluding tert-OH is 1. The van der Waals surface area contributed by atoms with Gasteiger partial charge in [0.25, 0.3) is 0 Å². The number of aromatic nitrogens is 3. The summed E-state index contributed by atoms with van der Waals surface area (Å²) in [5.41, 5.74) is 6.68. The lowest BCUT2D eigenvalue weighted by Crippen LogP contribution is -2.49. The smallest absolute Gasteiger partial charge is 0.248 e. The van der Waals surface area contributed by atoms with E-state index in [9.17, 15) is 14.7 Å². The summed E-state index contributed by atoms with van der Waals surface area (Å²) in [5, 5.41) is 21.0. The number of likely N-dealkylation sites (N-methyl/N-ethyl adjacent to an activating group) is 1. The van der Waals surface area contributed by atoms with E-state index in [-0.39, 0.29) is 31.4 Å². The van der Waals surface area contributed by atoms with Crippen LogP contribution in [0.1, 0.15) is 44.5 Å². The average Bonchev–Trinajstić information content (AvgIpc) is 3.37. The first kappa shape index (κ1) is 23.7. The fourth-order valence-electron chi connectivity index (χ4n) is 3.89. The van der Waals surface area contributed by atoms with E-state index in [1.54, 1.807) is 6.20 Å². The van der Waals surface area contributed by atoms with Gasteiger partial charge in [-0.15, -0.1) is 5.10 Å². The SMILES string of the molecule is CNC(=O)[C@@H]1C[C@@H](O)CN1C(=O)[C@@H](n1cc(COc2ccc(CN)cc2)nn1)C(C)(C)C. The fourth-order valence-corrected chi connectivity index (χ4v) is 3.89. The van der Waals surface area contributed by atoms with Crippen molar-refractivity contribution in [3.05, 3.63) is 41.7 Å². The second-order valence-corrected chi connectivity index (χ2v) is 9.11. The zero-order chi connectivity index (χ0) is 23.5. The lowest BCUT2D eigenvalue weighted by atomic mass is 9.85. The molecule has 4 N–H and O–H groups in total. The van der Waals surface area contributed by atoms with Gasteiger partial charge in [0.15, 0.2) is 0 Å². The Morgan fingerprint density at radius 1 is 1.31 bits per heavy atom. The number of benzene rings is 1. The number of amides is 2. The first-order valence-corrected chi connectivity index (χ1v) is 10.7. The van der Waals surface area contributed by atoms with Crippen molar-refractivity contribution < 1.29 is 19.4 Å². The first-order chi connectivity index (χ1) is 15.1. The van der Waals surface area contributed by atoms with Gasteiger partial charge in [-0.25, -0.2) is 4.68 Å². The minimum atomic E-state index is -0.743. The Balaban J connectivity index is 1.77. The molecule has 1 aliphatic rings. The Bertz CT molecular complexity index is 937. The predicted molar refractivity (Wildman–Crippen MR) is 117 cm³/mol. The molecule has 3 atom stereocenters. The molecule has 3 rings (SSSR count). The number of hydrogen-bond donors (Lipinski definition) is 3. The first-order valence-electron chi connectivity index (χ1n) is 10.7. The van der Waals surface area contributed by atoms with Gasteiger partial charge in [0.05, 0.1) is 12.3 Å². The van der Waals surface area contributed by atoms with Crippen LogP contribution in [0.3, 0.4) is 0 Å². The molecule has 2 amide bonds. The molecule has 0 bridgehead atoms. The summed E-state index contributed by atoms with van der Waals surface area (Å²) >= 11 is 0. The number of rotatable bonds is 7. The number of β-amino-alcohol motifs (C(OH)–C–C–N with tert-alkyl or cyclic N) is 1. The summed E-state index contributed by atoms with van der Waals surface area (Å²) in [6, 6.07) is 6.05. The number of nitrogens with one attached hydrogen (secondary N) is 1. The van der Waals surface area contributed by atoms with Crippen molar-refractivity contribution in [3.8, 4) is 5.75 Å². The molecule has 1 aromatic carbocycles. The normalized spacial score (nSPS) is 19.6. The van der Waals surface area contributed by atoms with E-state index in [2.05, 4.69) is 15.6 Å². The van der Waals surface area contributed by atoms with Crippen molar-refractivity contribution in [3.63, 3.8) is 0 Å². The molecule has 1 aromatic heterocycles. The van der Waals surface area contributed by atoms with Crippen LogP contribution >= 0.6 is 0 Å². The van der Waals surface area contributed by atoms with E-state index >= 15 is 0 Å². The number of likely N-dealkylation sites (tertiary alicyclic amines) is 1. The number of carbonyl (C=O) groups excluding carboxylic acids is 2. The zero-order valence-corrected chi connectivity index (χ0v) is 19.0. The van der Waals surface area contributed by atoms with Crippen LogP contribution in [0.5, 0.6) is 5.75 Å². The van der Waals surface area contributed by atoms with Gasteiger partial charge in [-0.3, -0.25) is 9.59 Å². The van der Waals surface area contributed by atoms with E-state index in [0.29, 0.717) is 18.0 Å². The van der Waals surface area contributed by atoms with Crippen LogP contribution in [0.4, 0.5) is 0 Å². The molecule has 2 heterocycles. The number of ether oxygens (including phenoxy) is 1. The van der Waals surface area contributed by atoms with Crippen LogP contribution in [0, 0.1) is 5.41 Å². The highest BCUT2D eigenvalue weighted by atomic mass is 16.5. The molecule has 32 heavy (non-hydrogen) atoms. The molecule has 2 aromatic rings. The Hall–Kier alpha value is -2.98. The topological polar surface area (TPSA) is 136 Å². The molecule has 0 saturated carbocycles. The summed E-state index contributed by atoms with van der Waals surface area (Å²) < 4.78 is 7.29. The largest absolute Gasteiger partial charge is 0.487 e. The van der Waals surface area contributed by atoms with Crippen LogP contribution in [0.25, 0.3) is 0 Å². The van der Waals surface area contributed by atoms with Gasteiger partial charge in [0.1, 0.15) is 30.1 Å². The number of hydrogen-bond acceptors (Lipinski definition) is 7. The van der Waals surface area contributed by atoms with Crippen molar-refractivity contribution in [1.82, 2.24) is 25.2 Å². The molecule has 0 unspecified atom stereocenters. The molecule has 0 radical (unpaired) electrons. The van der Waals surface area contributed by atoms with Crippen molar-refractivity contribution in [2.45, 2.75) is 58.5 Å². The van der Waals surface area contributed by atoms with Crippen molar-refractivity contribution in [2.24, 2.45) is 11.1 Å². The molecule has 0 spiro atoms. The Kier molecular flexibility index (Phi) is 7.15. The number of aliphatic hydroxyl groups is 1. The molecule has 1 saturated heterocycles. The summed E-state index contributed by atoms with van der Waals surface area (Å²) in [5.74, 6) is 0.105. The maximum atomic E-state index is 13.5. The fraction of sp³-hybridized carbons (Fsp3) is 0.545. The number of nitrogens with two attached hydrogens (primary N) is 1. The van der Waals surface area contributed by atoms with E-state index in [4.69, 9.17) is 10.5 Å². The second-order valence-electron chi connectivity index (χ2n) is 9.11. The number of carbonyl (C=O) groups is 2. The van der Waals surface area contributed by atoms with Gasteiger partial charge in [0, 0.05) is 26.6 Å². The minimum absolute atomic E-state index is 0.104. The molecular weight excluding hydrogens is 412 g/mol. The third-order valence-corrected chi connectivity index (χ3v) is 5.53. The van der Waals surface area contributed by atoms with Crippen molar-refractivity contribution in [2.75, 3.05) is 13.6 Å². The second kappa shape index (κ2) is 9.66. The van der Waals surface area contributed by atoms with E-state index in [1.807, 2.05) is 45.0 Å². The third kappa shape index (κ3) is 5.25. The lowest BCUT2D eigenvalue weighted by molar-refractivity contribution is -0.144. The maximum Gasteiger partial charge on any atom is 0.248 e. The minimum Gasteiger partial charge on any atom is -0.487 e. The quantitative estimate of drug-likeness (QED) is 0.569. The van der Waals surface area contributed by atoms with E-state index in [1.165, 1.54) is 16.6 Å². The van der Waals surface area contributed by atoms with E-state index < -0.39 is 23.6 Å². The van der Waals surface area contributed by atoms with Gasteiger partial charge in [0.2, 0.25) is 11.8 Å². The van der Waals surface area contributed by atoms with Gasteiger partial charge in [-0.2, -0.15) is 0 Å². The van der Waals surface area contributed by atoms with E-state index in [0.717, 1.165) is 5.56 Å². The summed E-state index contributed by atoms with van der Waals surface area (Å²) in [6.45, 7) is 6.53. The lowest BCUT2D eigenvalue weighted by Gasteiger charge is -2.34. The Morgan fingerprint density at radius 2 is 2.00 bits per heavy atom. The van der Waals surface area contributed by atoms with Crippen LogP contribution in [-0.2, 0) is 22.7 Å². The highest BCUT2D eigenvalue weighted by Crippen LogP contribution is 2.34. The molecule has 1 fully saturated rings. The van der Waals surface area contributed by atoms with Crippen molar-refractivity contribution in [1.29, 1.82) is 0 Å². The predicted octanol–water partition coefficient (Wildman–Crippen LogP) is 0.611. The highest BCUT2D eigenvalue weighted by molar-refractivity contribution is 5.90. The van der Waals surface area contributed by atoms with Crippen LogP contribution < -0.4 is 15.8 Å². The monoisotopic (exact) mass is 444 g/mol. The van der Waals surface area contributed by atoms with Crippen LogP contribution in [0.15, 0.2) is 30.5 Å². The van der Waals surface area contributed by atoms with Gasteiger partial charge in [-0.05, 0) is 23.1 Å². The van der Waals surface area contributed by atoms with Gasteiger partial charge < -0.3 is 25.8 Å². The Morgan fingerprint density at radius 3 is 2.59 bits per heavy atom. The standard InChI is InChI=1S/C22H32N6O4/c1-22(2,3)19(21(31)27-12-16(29)9-18(27)20(30)24-4)28-11-15(25-26-28)13-32-17-7-5-14(10-23)6-8-17/h5-8,11,16,18-19,29H,9-10,12-13,23H2,1-4H3,(H,24,30)/t16-,18+,19-/m1/s1. The third-order valence-electron chi connectivity index (χ3n) is 5.53. The zero-order valence-electron chi connectivity index (χ0n) is 19.0. The molecule has 174 valence electrons. The Labute approximate surface area is 187 Å². The average molecular weight is 445 g/mol. The number of nitrogens with zero attached hydrogens (tertiary/aromatic N) is 4. The van der Waals surface area contributed by atoms with Gasteiger partial charge >= 0.3 is 0 Å². The summed E-state index contributed by atoms with van der Waals surface area (Å²) in [4.78, 5) is 27.2. The summed E-state index contributed by atoms with van der Waals surface area (Å²) in [7, 11) is 1.52. The molecule has 10 nitrogen and oxygen atoms in total. The van der Waals surface area contributed by atoms with Crippen molar-refractivity contribution >= 4 is 11.8 Å². The maximum absolute atomic E-state index is 13.5. The van der Waals surface area contributed by atoms with Gasteiger partial charge in [-0.1, -0.05) is 38.1 Å². The molecular formula is C22H32N6O4. The highest BCUT2D eigenvalue weighted by Gasteiger charge is 2.44. The molecule has 0 aliphatic carbocycles. The molecule has 10 heteroatoms. The molecule has 1 aliphatic heterocycles. The van der Waals surface area contributed by atoms with Crippen LogP contribution in [0.2, 0.25) is 0 Å².